The Labute approximate surface area is 144 Å². The molecule has 1 saturated carbocycles. The second-order valence-electron chi connectivity index (χ2n) is 9.86. The first kappa shape index (κ1) is 17.7. The Kier molecular flexibility index (Phi) is 5.11. The van der Waals surface area contributed by atoms with Gasteiger partial charge >= 0.3 is 0 Å². The third-order valence-corrected chi connectivity index (χ3v) is 6.87. The average molecular weight is 322 g/mol. The Hall–Kier alpha value is -0.120. The van der Waals surface area contributed by atoms with E-state index in [0.29, 0.717) is 5.54 Å². The van der Waals surface area contributed by atoms with Crippen LogP contribution in [0.1, 0.15) is 60.3 Å². The molecule has 2 aliphatic heterocycles. The van der Waals surface area contributed by atoms with E-state index < -0.39 is 0 Å². The minimum absolute atomic E-state index is 0.344. The molecule has 23 heavy (non-hydrogen) atoms. The molecular formula is C20H39N3. The number of rotatable bonds is 3. The molecule has 1 spiro atoms. The topological polar surface area (TPSA) is 9.72 Å². The molecule has 0 atom stereocenters. The van der Waals surface area contributed by atoms with Gasteiger partial charge in [0, 0.05) is 44.3 Å². The van der Waals surface area contributed by atoms with Crippen LogP contribution in [0.2, 0.25) is 0 Å². The van der Waals surface area contributed by atoms with Gasteiger partial charge in [-0.05, 0) is 84.7 Å². The van der Waals surface area contributed by atoms with E-state index in [0.717, 1.165) is 17.4 Å². The van der Waals surface area contributed by atoms with Crippen LogP contribution in [0, 0.1) is 11.3 Å². The van der Waals surface area contributed by atoms with Crippen LogP contribution in [-0.2, 0) is 0 Å². The van der Waals surface area contributed by atoms with Crippen LogP contribution in [0.5, 0.6) is 0 Å². The maximum absolute atomic E-state index is 2.74. The maximum Gasteiger partial charge on any atom is 0.0126 e. The molecule has 0 bridgehead atoms. The molecule has 0 aromatic carbocycles. The highest BCUT2D eigenvalue weighted by atomic mass is 15.3. The van der Waals surface area contributed by atoms with Crippen molar-refractivity contribution in [1.82, 2.24) is 14.7 Å². The molecule has 2 saturated heterocycles. The zero-order valence-electron chi connectivity index (χ0n) is 16.3. The Bertz CT molecular complexity index is 374. The van der Waals surface area contributed by atoms with Gasteiger partial charge in [-0.3, -0.25) is 4.90 Å². The fourth-order valence-electron chi connectivity index (χ4n) is 5.18. The molecule has 3 rings (SSSR count). The van der Waals surface area contributed by atoms with Crippen LogP contribution in [0.3, 0.4) is 0 Å². The van der Waals surface area contributed by atoms with E-state index in [2.05, 4.69) is 49.3 Å². The van der Waals surface area contributed by atoms with Crippen molar-refractivity contribution in [2.75, 3.05) is 45.8 Å². The summed E-state index contributed by atoms with van der Waals surface area (Å²) in [6.07, 6.45) is 5.94. The van der Waals surface area contributed by atoms with Gasteiger partial charge < -0.3 is 9.80 Å². The molecule has 2 heterocycles. The van der Waals surface area contributed by atoms with Crippen LogP contribution in [-0.4, -0.2) is 72.1 Å². The summed E-state index contributed by atoms with van der Waals surface area (Å²) in [6.45, 7) is 20.9. The van der Waals surface area contributed by atoms with Crippen molar-refractivity contribution in [3.8, 4) is 0 Å². The normalized spacial score (nSPS) is 28.4. The Morgan fingerprint density at radius 2 is 1.48 bits per heavy atom. The third kappa shape index (κ3) is 4.11. The van der Waals surface area contributed by atoms with Gasteiger partial charge in [-0.15, -0.1) is 0 Å². The average Bonchev–Trinajstić information content (AvgIpc) is 2.46. The summed E-state index contributed by atoms with van der Waals surface area (Å²) in [5, 5.41) is 0. The Morgan fingerprint density at radius 3 is 1.96 bits per heavy atom. The van der Waals surface area contributed by atoms with Crippen LogP contribution in [0.4, 0.5) is 0 Å². The number of piperazine rings is 1. The van der Waals surface area contributed by atoms with Gasteiger partial charge in [0.25, 0.3) is 0 Å². The number of nitrogens with zero attached hydrogens (tertiary/aromatic N) is 3. The monoisotopic (exact) mass is 321 g/mol. The number of hydrogen-bond acceptors (Lipinski definition) is 3. The summed E-state index contributed by atoms with van der Waals surface area (Å²) >= 11 is 0. The highest BCUT2D eigenvalue weighted by molar-refractivity contribution is 4.98. The first-order chi connectivity index (χ1) is 10.8. The van der Waals surface area contributed by atoms with Gasteiger partial charge in [0.05, 0.1) is 0 Å². The quantitative estimate of drug-likeness (QED) is 0.790. The largest absolute Gasteiger partial charge is 0.301 e. The molecule has 1 aliphatic carbocycles. The molecule has 0 aromatic heterocycles. The lowest BCUT2D eigenvalue weighted by molar-refractivity contribution is -0.0393. The summed E-state index contributed by atoms with van der Waals surface area (Å²) in [4.78, 5) is 8.06. The fraction of sp³-hybridized carbons (Fsp3) is 1.00. The molecule has 3 heteroatoms. The van der Waals surface area contributed by atoms with Gasteiger partial charge in [0.1, 0.15) is 0 Å². The lowest BCUT2D eigenvalue weighted by Crippen LogP contribution is -2.56. The highest BCUT2D eigenvalue weighted by Gasteiger charge is 2.46. The molecule has 134 valence electrons. The number of hydrogen-bond donors (Lipinski definition) is 0. The minimum atomic E-state index is 0.344. The summed E-state index contributed by atoms with van der Waals surface area (Å²) < 4.78 is 0. The minimum Gasteiger partial charge on any atom is -0.301 e. The van der Waals surface area contributed by atoms with E-state index in [4.69, 9.17) is 0 Å². The van der Waals surface area contributed by atoms with Crippen LogP contribution in [0.25, 0.3) is 0 Å². The molecule has 0 aromatic rings. The number of piperidine rings is 1. The molecule has 0 radical (unpaired) electrons. The maximum atomic E-state index is 2.74. The summed E-state index contributed by atoms with van der Waals surface area (Å²) in [7, 11) is 0. The van der Waals surface area contributed by atoms with Gasteiger partial charge in [0.2, 0.25) is 0 Å². The van der Waals surface area contributed by atoms with Crippen molar-refractivity contribution in [3.05, 3.63) is 0 Å². The van der Waals surface area contributed by atoms with Crippen molar-refractivity contribution < 1.29 is 0 Å². The lowest BCUT2D eigenvalue weighted by atomic mass is 9.57. The van der Waals surface area contributed by atoms with Crippen molar-refractivity contribution in [3.63, 3.8) is 0 Å². The van der Waals surface area contributed by atoms with Crippen LogP contribution in [0.15, 0.2) is 0 Å². The van der Waals surface area contributed by atoms with E-state index >= 15 is 0 Å². The Balaban J connectivity index is 1.37. The lowest BCUT2D eigenvalue weighted by Gasteiger charge is -2.54. The highest BCUT2D eigenvalue weighted by Crippen LogP contribution is 2.52. The number of likely N-dealkylation sites (tertiary alicyclic amines) is 1. The Morgan fingerprint density at radius 1 is 0.913 bits per heavy atom. The molecule has 3 fully saturated rings. The van der Waals surface area contributed by atoms with Crippen molar-refractivity contribution in [2.45, 2.75) is 71.9 Å². The molecule has 0 amide bonds. The van der Waals surface area contributed by atoms with E-state index in [1.165, 1.54) is 71.5 Å². The van der Waals surface area contributed by atoms with Crippen LogP contribution < -0.4 is 0 Å². The second kappa shape index (κ2) is 6.65. The summed E-state index contributed by atoms with van der Waals surface area (Å²) in [6, 6.07) is 0.738. The van der Waals surface area contributed by atoms with Crippen LogP contribution >= 0.6 is 0 Å². The van der Waals surface area contributed by atoms with Crippen molar-refractivity contribution in [2.24, 2.45) is 11.3 Å². The van der Waals surface area contributed by atoms with E-state index in [1.54, 1.807) is 0 Å². The predicted molar refractivity (Wildman–Crippen MR) is 98.9 cm³/mol. The van der Waals surface area contributed by atoms with Gasteiger partial charge in [0.15, 0.2) is 0 Å². The first-order valence-electron chi connectivity index (χ1n) is 9.99. The fourth-order valence-corrected chi connectivity index (χ4v) is 5.18. The van der Waals surface area contributed by atoms with Gasteiger partial charge in [-0.25, -0.2) is 0 Å². The van der Waals surface area contributed by atoms with E-state index in [-0.39, 0.29) is 0 Å². The van der Waals surface area contributed by atoms with Crippen molar-refractivity contribution in [1.29, 1.82) is 0 Å². The SMILES string of the molecule is CC(C)N1CCC2(CC1)CC(CN1CCN(C(C)(C)C)CC1)C2. The third-order valence-electron chi connectivity index (χ3n) is 6.87. The first-order valence-corrected chi connectivity index (χ1v) is 9.99. The molecular weight excluding hydrogens is 282 g/mol. The second-order valence-corrected chi connectivity index (χ2v) is 9.86. The smallest absolute Gasteiger partial charge is 0.0126 e. The zero-order valence-corrected chi connectivity index (χ0v) is 16.3. The van der Waals surface area contributed by atoms with Crippen molar-refractivity contribution >= 4 is 0 Å². The predicted octanol–water partition coefficient (Wildman–Crippen LogP) is 3.30. The standard InChI is InChI=1S/C20H39N3/c1-17(2)22-8-6-20(7-9-22)14-18(15-20)16-21-10-12-23(13-11-21)19(3,4)5/h17-18H,6-16H2,1-5H3. The molecule has 0 unspecified atom stereocenters. The van der Waals surface area contributed by atoms with Gasteiger partial charge in [-0.2, -0.15) is 0 Å². The van der Waals surface area contributed by atoms with Gasteiger partial charge in [-0.1, -0.05) is 0 Å². The molecule has 3 nitrogen and oxygen atoms in total. The van der Waals surface area contributed by atoms with E-state index in [9.17, 15) is 0 Å². The summed E-state index contributed by atoms with van der Waals surface area (Å²) in [5.41, 5.74) is 1.08. The molecule has 3 aliphatic rings. The van der Waals surface area contributed by atoms with E-state index in [1.807, 2.05) is 0 Å². The zero-order chi connectivity index (χ0) is 16.7. The summed E-state index contributed by atoms with van der Waals surface area (Å²) in [5.74, 6) is 0.988. The molecule has 0 N–H and O–H groups in total.